The molecule has 72 valence electrons. The second kappa shape index (κ2) is 3.20. The average molecular weight is 252 g/mol. The van der Waals surface area contributed by atoms with E-state index in [-0.39, 0.29) is 0 Å². The van der Waals surface area contributed by atoms with Crippen LogP contribution in [0.4, 0.5) is 5.82 Å². The summed E-state index contributed by atoms with van der Waals surface area (Å²) in [4.78, 5) is 8.54. The molecular formula is C10H10BrN3. The lowest BCUT2D eigenvalue weighted by Gasteiger charge is -2.04. The smallest absolute Gasteiger partial charge is 0.162 e. The van der Waals surface area contributed by atoms with E-state index < -0.39 is 0 Å². The quantitative estimate of drug-likeness (QED) is 0.783. The van der Waals surface area contributed by atoms with Gasteiger partial charge in [0.2, 0.25) is 0 Å². The number of halogens is 1. The minimum atomic E-state index is 0.481. The summed E-state index contributed by atoms with van der Waals surface area (Å²) in [5, 5.41) is 1.04. The van der Waals surface area contributed by atoms with Crippen molar-refractivity contribution >= 4 is 32.8 Å². The third kappa shape index (κ3) is 1.46. The van der Waals surface area contributed by atoms with Crippen LogP contribution in [0.25, 0.3) is 11.0 Å². The first-order valence-electron chi connectivity index (χ1n) is 4.28. The fourth-order valence-corrected chi connectivity index (χ4v) is 1.78. The third-order valence-electron chi connectivity index (χ3n) is 2.12. The van der Waals surface area contributed by atoms with Gasteiger partial charge in [0.15, 0.2) is 5.65 Å². The molecule has 0 amide bonds. The monoisotopic (exact) mass is 251 g/mol. The van der Waals surface area contributed by atoms with Gasteiger partial charge in [0.25, 0.3) is 0 Å². The topological polar surface area (TPSA) is 51.8 Å². The Kier molecular flexibility index (Phi) is 2.15. The van der Waals surface area contributed by atoms with E-state index in [1.165, 1.54) is 5.56 Å². The number of nitrogens with zero attached hydrogens (tertiary/aromatic N) is 2. The first-order chi connectivity index (χ1) is 6.58. The van der Waals surface area contributed by atoms with E-state index in [0.717, 1.165) is 15.6 Å². The van der Waals surface area contributed by atoms with Gasteiger partial charge in [-0.15, -0.1) is 0 Å². The molecule has 2 aromatic rings. The van der Waals surface area contributed by atoms with Crippen LogP contribution in [0.15, 0.2) is 16.6 Å². The van der Waals surface area contributed by atoms with Gasteiger partial charge < -0.3 is 5.73 Å². The Hall–Kier alpha value is -1.16. The fraction of sp³-hybridized carbons (Fsp3) is 0.200. The van der Waals surface area contributed by atoms with Crippen LogP contribution in [0, 0.1) is 13.8 Å². The molecule has 0 aromatic carbocycles. The summed E-state index contributed by atoms with van der Waals surface area (Å²) < 4.78 is 0.818. The van der Waals surface area contributed by atoms with Gasteiger partial charge in [0, 0.05) is 11.1 Å². The van der Waals surface area contributed by atoms with Crippen LogP contribution in [0.3, 0.4) is 0 Å². The normalized spacial score (nSPS) is 10.8. The number of nitrogen functional groups attached to an aromatic ring is 1. The lowest BCUT2D eigenvalue weighted by Crippen LogP contribution is -1.96. The zero-order valence-corrected chi connectivity index (χ0v) is 9.59. The summed E-state index contributed by atoms with van der Waals surface area (Å²) in [6, 6.07) is 3.99. The van der Waals surface area contributed by atoms with Crippen molar-refractivity contribution in [3.05, 3.63) is 27.9 Å². The Morgan fingerprint density at radius 1 is 1.21 bits per heavy atom. The van der Waals surface area contributed by atoms with Crippen molar-refractivity contribution in [2.45, 2.75) is 13.8 Å². The highest BCUT2D eigenvalue weighted by atomic mass is 79.9. The molecule has 2 heterocycles. The lowest BCUT2D eigenvalue weighted by molar-refractivity contribution is 1.19. The van der Waals surface area contributed by atoms with Crippen LogP contribution >= 0.6 is 15.9 Å². The number of aromatic nitrogens is 2. The van der Waals surface area contributed by atoms with E-state index in [4.69, 9.17) is 5.73 Å². The Balaban J connectivity index is 2.89. The molecular weight excluding hydrogens is 242 g/mol. The maximum atomic E-state index is 5.69. The molecule has 0 bridgehead atoms. The number of hydrogen-bond donors (Lipinski definition) is 1. The van der Waals surface area contributed by atoms with Gasteiger partial charge in [-0.2, -0.15) is 0 Å². The van der Waals surface area contributed by atoms with Gasteiger partial charge in [-0.3, -0.25) is 0 Å². The van der Waals surface area contributed by atoms with Crippen molar-refractivity contribution in [3.8, 4) is 0 Å². The van der Waals surface area contributed by atoms with Crippen LogP contribution in [-0.2, 0) is 0 Å². The maximum Gasteiger partial charge on any atom is 0.162 e. The van der Waals surface area contributed by atoms with Crippen LogP contribution in [0.5, 0.6) is 0 Å². The highest BCUT2D eigenvalue weighted by Crippen LogP contribution is 2.24. The second-order valence-corrected chi connectivity index (χ2v) is 4.16. The molecule has 3 nitrogen and oxygen atoms in total. The zero-order valence-electron chi connectivity index (χ0n) is 8.00. The predicted octanol–water partition coefficient (Wildman–Crippen LogP) is 2.59. The molecule has 2 N–H and O–H groups in total. The zero-order chi connectivity index (χ0) is 10.3. The van der Waals surface area contributed by atoms with Crippen molar-refractivity contribution in [1.82, 2.24) is 9.97 Å². The lowest BCUT2D eigenvalue weighted by atomic mass is 10.1. The average Bonchev–Trinajstić information content (AvgIpc) is 2.08. The number of rotatable bonds is 0. The molecule has 0 aliphatic rings. The first-order valence-corrected chi connectivity index (χ1v) is 5.07. The minimum Gasteiger partial charge on any atom is -0.383 e. The summed E-state index contributed by atoms with van der Waals surface area (Å²) in [6.45, 7) is 3.99. The van der Waals surface area contributed by atoms with E-state index in [9.17, 15) is 0 Å². The largest absolute Gasteiger partial charge is 0.383 e. The van der Waals surface area contributed by atoms with E-state index in [0.29, 0.717) is 11.5 Å². The first kappa shape index (κ1) is 9.40. The fourth-order valence-electron chi connectivity index (χ4n) is 1.46. The molecule has 0 aliphatic heterocycles. The number of anilines is 1. The maximum absolute atomic E-state index is 5.69. The molecule has 4 heteroatoms. The van der Waals surface area contributed by atoms with E-state index in [1.807, 2.05) is 26.0 Å². The number of hydrogen-bond acceptors (Lipinski definition) is 3. The molecule has 2 rings (SSSR count). The van der Waals surface area contributed by atoms with Gasteiger partial charge in [0.05, 0.1) is 4.47 Å². The van der Waals surface area contributed by atoms with Gasteiger partial charge in [0.1, 0.15) is 5.82 Å². The summed E-state index contributed by atoms with van der Waals surface area (Å²) in [5.74, 6) is 0.481. The number of fused-ring (bicyclic) bond motifs is 1. The van der Waals surface area contributed by atoms with Gasteiger partial charge >= 0.3 is 0 Å². The third-order valence-corrected chi connectivity index (χ3v) is 2.75. The van der Waals surface area contributed by atoms with Crippen LogP contribution in [-0.4, -0.2) is 9.97 Å². The molecule has 0 saturated heterocycles. The molecule has 0 spiro atoms. The number of aryl methyl sites for hydroxylation is 2. The van der Waals surface area contributed by atoms with Gasteiger partial charge in [-0.1, -0.05) is 0 Å². The Morgan fingerprint density at radius 3 is 2.64 bits per heavy atom. The molecule has 0 saturated carbocycles. The molecule has 0 radical (unpaired) electrons. The van der Waals surface area contributed by atoms with Gasteiger partial charge in [-0.05, 0) is 47.5 Å². The number of pyridine rings is 2. The summed E-state index contributed by atoms with van der Waals surface area (Å²) >= 11 is 3.35. The molecule has 0 fully saturated rings. The molecule has 14 heavy (non-hydrogen) atoms. The predicted molar refractivity (Wildman–Crippen MR) is 61.1 cm³/mol. The molecule has 2 aromatic heterocycles. The summed E-state index contributed by atoms with van der Waals surface area (Å²) in [7, 11) is 0. The van der Waals surface area contributed by atoms with Crippen LogP contribution in [0.2, 0.25) is 0 Å². The van der Waals surface area contributed by atoms with Crippen molar-refractivity contribution in [2.75, 3.05) is 5.73 Å². The van der Waals surface area contributed by atoms with E-state index in [1.54, 1.807) is 0 Å². The van der Waals surface area contributed by atoms with Crippen molar-refractivity contribution in [2.24, 2.45) is 0 Å². The Morgan fingerprint density at radius 2 is 1.93 bits per heavy atom. The van der Waals surface area contributed by atoms with E-state index in [2.05, 4.69) is 25.9 Å². The standard InChI is InChI=1S/C10H10BrN3/c1-5-3-6(2)13-10-7(5)4-8(11)9(12)14-10/h3-4H,1-2H3,(H2,12,13,14). The van der Waals surface area contributed by atoms with Crippen molar-refractivity contribution in [3.63, 3.8) is 0 Å². The summed E-state index contributed by atoms with van der Waals surface area (Å²) in [5.41, 5.74) is 8.53. The Labute approximate surface area is 90.5 Å². The molecule has 0 atom stereocenters. The van der Waals surface area contributed by atoms with Crippen LogP contribution in [0.1, 0.15) is 11.3 Å². The molecule has 0 unspecified atom stereocenters. The van der Waals surface area contributed by atoms with E-state index >= 15 is 0 Å². The molecule has 0 aliphatic carbocycles. The Bertz CT molecular complexity index is 508. The highest BCUT2D eigenvalue weighted by molar-refractivity contribution is 9.10. The second-order valence-electron chi connectivity index (χ2n) is 3.31. The SMILES string of the molecule is Cc1cc(C)c2cc(Br)c(N)nc2n1. The van der Waals surface area contributed by atoms with Crippen LogP contribution < -0.4 is 5.73 Å². The minimum absolute atomic E-state index is 0.481. The highest BCUT2D eigenvalue weighted by Gasteiger charge is 2.05. The number of nitrogens with two attached hydrogens (primary N) is 1. The van der Waals surface area contributed by atoms with Crippen molar-refractivity contribution in [1.29, 1.82) is 0 Å². The van der Waals surface area contributed by atoms with Crippen molar-refractivity contribution < 1.29 is 0 Å². The van der Waals surface area contributed by atoms with Gasteiger partial charge in [-0.25, -0.2) is 9.97 Å². The summed E-state index contributed by atoms with van der Waals surface area (Å²) in [6.07, 6.45) is 0.